The Balaban J connectivity index is 1.57. The second kappa shape index (κ2) is 6.08. The summed E-state index contributed by atoms with van der Waals surface area (Å²) in [6.07, 6.45) is 7.62. The van der Waals surface area contributed by atoms with Crippen LogP contribution < -0.4 is 0 Å². The molecule has 0 unspecified atom stereocenters. The lowest BCUT2D eigenvalue weighted by Crippen LogP contribution is -2.15. The zero-order chi connectivity index (χ0) is 19.3. The van der Waals surface area contributed by atoms with Crippen LogP contribution in [0.4, 0.5) is 0 Å². The van der Waals surface area contributed by atoms with E-state index in [4.69, 9.17) is 9.40 Å². The fourth-order valence-corrected chi connectivity index (χ4v) is 3.51. The third-order valence-electron chi connectivity index (χ3n) is 5.13. The summed E-state index contributed by atoms with van der Waals surface area (Å²) < 4.78 is 7.31. The Hall–Kier alpha value is -3.37. The van der Waals surface area contributed by atoms with Gasteiger partial charge in [0.2, 0.25) is 0 Å². The summed E-state index contributed by atoms with van der Waals surface area (Å²) in [6, 6.07) is 18.3. The number of furan rings is 1. The number of aromatic nitrogens is 2. The minimum atomic E-state index is -0.867. The maximum atomic E-state index is 10.3. The van der Waals surface area contributed by atoms with Crippen molar-refractivity contribution in [1.82, 2.24) is 9.38 Å². The molecule has 0 amide bonds. The Bertz CT molecular complexity index is 1310. The monoisotopic (exact) mass is 368 g/mol. The van der Waals surface area contributed by atoms with Gasteiger partial charge in [0.1, 0.15) is 5.65 Å². The largest absolute Gasteiger partial charge is 0.471 e. The summed E-state index contributed by atoms with van der Waals surface area (Å²) in [4.78, 5) is 4.76. The predicted octanol–water partition coefficient (Wildman–Crippen LogP) is 5.64. The van der Waals surface area contributed by atoms with Gasteiger partial charge in [0.05, 0.1) is 23.8 Å². The Morgan fingerprint density at radius 3 is 2.54 bits per heavy atom. The van der Waals surface area contributed by atoms with Crippen molar-refractivity contribution in [2.24, 2.45) is 0 Å². The van der Waals surface area contributed by atoms with E-state index in [-0.39, 0.29) is 0 Å². The molecule has 0 saturated heterocycles. The van der Waals surface area contributed by atoms with Gasteiger partial charge in [-0.15, -0.1) is 0 Å². The maximum Gasteiger partial charge on any atom is 0.137 e. The fraction of sp³-hybridized carbons (Fsp3) is 0.125. The van der Waals surface area contributed by atoms with Gasteiger partial charge in [-0.05, 0) is 54.8 Å². The molecule has 1 N–H and O–H groups in total. The molecule has 28 heavy (non-hydrogen) atoms. The molecule has 0 aliphatic heterocycles. The lowest BCUT2D eigenvalue weighted by atomic mass is 9.95. The second-order valence-electron chi connectivity index (χ2n) is 7.66. The fourth-order valence-electron chi connectivity index (χ4n) is 3.51. The van der Waals surface area contributed by atoms with E-state index in [9.17, 15) is 5.11 Å². The van der Waals surface area contributed by atoms with E-state index in [0.717, 1.165) is 44.4 Å². The van der Waals surface area contributed by atoms with E-state index in [2.05, 4.69) is 30.5 Å². The van der Waals surface area contributed by atoms with Crippen LogP contribution in [0.25, 0.3) is 38.8 Å². The first-order valence-electron chi connectivity index (χ1n) is 9.26. The van der Waals surface area contributed by atoms with Crippen LogP contribution in [-0.4, -0.2) is 14.5 Å². The number of aliphatic hydroxyl groups is 1. The zero-order valence-electron chi connectivity index (χ0n) is 15.8. The number of nitrogens with zero attached hydrogens (tertiary/aromatic N) is 2. The lowest BCUT2D eigenvalue weighted by Gasteiger charge is -2.18. The molecule has 0 atom stereocenters. The van der Waals surface area contributed by atoms with Crippen molar-refractivity contribution < 1.29 is 9.52 Å². The Kier molecular flexibility index (Phi) is 3.64. The van der Waals surface area contributed by atoms with Crippen LogP contribution in [0.5, 0.6) is 0 Å². The highest BCUT2D eigenvalue weighted by Gasteiger charge is 2.16. The van der Waals surface area contributed by atoms with E-state index in [1.165, 1.54) is 0 Å². The smallest absolute Gasteiger partial charge is 0.137 e. The van der Waals surface area contributed by atoms with E-state index < -0.39 is 5.60 Å². The Labute approximate surface area is 162 Å². The average molecular weight is 368 g/mol. The molecule has 0 bridgehead atoms. The molecule has 0 aliphatic carbocycles. The third-order valence-corrected chi connectivity index (χ3v) is 5.13. The van der Waals surface area contributed by atoms with Crippen LogP contribution in [0.2, 0.25) is 0 Å². The van der Waals surface area contributed by atoms with E-state index in [0.29, 0.717) is 0 Å². The lowest BCUT2D eigenvalue weighted by molar-refractivity contribution is 0.0786. The van der Waals surface area contributed by atoms with E-state index in [1.54, 1.807) is 26.4 Å². The molecule has 0 spiro atoms. The van der Waals surface area contributed by atoms with Crippen LogP contribution in [0.3, 0.4) is 0 Å². The molecule has 0 radical (unpaired) electrons. The molecule has 0 saturated carbocycles. The van der Waals surface area contributed by atoms with Gasteiger partial charge in [0.25, 0.3) is 0 Å². The molecular weight excluding hydrogens is 348 g/mol. The summed E-state index contributed by atoms with van der Waals surface area (Å²) in [6.45, 7) is 3.60. The van der Waals surface area contributed by atoms with Crippen LogP contribution in [0.15, 0.2) is 83.9 Å². The highest BCUT2D eigenvalue weighted by molar-refractivity contribution is 5.86. The standard InChI is InChI=1S/C24H20N2O2/c1-24(2,27)21-5-3-4-16(11-21)18-8-9-23-25-22(13-26(23)12-18)17-6-7-19-14-28-15-20(19)10-17/h3-15,27H,1-2H3. The Morgan fingerprint density at radius 1 is 0.857 bits per heavy atom. The molecule has 2 aromatic carbocycles. The van der Waals surface area contributed by atoms with Gasteiger partial charge in [0.15, 0.2) is 0 Å². The number of pyridine rings is 1. The number of rotatable bonds is 3. The van der Waals surface area contributed by atoms with E-state index >= 15 is 0 Å². The first kappa shape index (κ1) is 16.8. The van der Waals surface area contributed by atoms with Crippen LogP contribution >= 0.6 is 0 Å². The van der Waals surface area contributed by atoms with Crippen LogP contribution in [0, 0.1) is 0 Å². The molecule has 5 aromatic rings. The molecule has 0 fully saturated rings. The molecule has 3 heterocycles. The van der Waals surface area contributed by atoms with Gasteiger partial charge in [-0.1, -0.05) is 30.3 Å². The Morgan fingerprint density at radius 2 is 1.68 bits per heavy atom. The van der Waals surface area contributed by atoms with Gasteiger partial charge in [-0.3, -0.25) is 0 Å². The van der Waals surface area contributed by atoms with Crippen molar-refractivity contribution in [1.29, 1.82) is 0 Å². The first-order chi connectivity index (χ1) is 13.5. The molecule has 4 heteroatoms. The summed E-state index contributed by atoms with van der Waals surface area (Å²) in [5, 5.41) is 12.5. The number of hydrogen-bond donors (Lipinski definition) is 1. The third kappa shape index (κ3) is 2.88. The van der Waals surface area contributed by atoms with Crippen molar-refractivity contribution in [3.63, 3.8) is 0 Å². The summed E-state index contributed by atoms with van der Waals surface area (Å²) >= 11 is 0. The van der Waals surface area contributed by atoms with Crippen molar-refractivity contribution in [3.05, 3.63) is 85.1 Å². The van der Waals surface area contributed by atoms with E-state index in [1.807, 2.05) is 40.9 Å². The first-order valence-corrected chi connectivity index (χ1v) is 9.26. The SMILES string of the molecule is CC(C)(O)c1cccc(-c2ccc3nc(-c4ccc5cocc5c4)cn3c2)c1. The van der Waals surface area contributed by atoms with Gasteiger partial charge >= 0.3 is 0 Å². The van der Waals surface area contributed by atoms with Crippen molar-refractivity contribution in [2.75, 3.05) is 0 Å². The van der Waals surface area contributed by atoms with Crippen LogP contribution in [-0.2, 0) is 5.60 Å². The number of hydrogen-bond acceptors (Lipinski definition) is 3. The van der Waals surface area contributed by atoms with Gasteiger partial charge in [-0.25, -0.2) is 4.98 Å². The number of imidazole rings is 1. The zero-order valence-corrected chi connectivity index (χ0v) is 15.8. The molecule has 0 aliphatic rings. The van der Waals surface area contributed by atoms with Gasteiger partial charge in [0, 0.05) is 28.7 Å². The summed E-state index contributed by atoms with van der Waals surface area (Å²) in [5.74, 6) is 0. The van der Waals surface area contributed by atoms with Crippen LogP contribution in [0.1, 0.15) is 19.4 Å². The van der Waals surface area contributed by atoms with Gasteiger partial charge in [-0.2, -0.15) is 0 Å². The van der Waals surface area contributed by atoms with Gasteiger partial charge < -0.3 is 13.9 Å². The molecular formula is C24H20N2O2. The van der Waals surface area contributed by atoms with Crippen molar-refractivity contribution in [2.45, 2.75) is 19.4 Å². The molecule has 4 nitrogen and oxygen atoms in total. The predicted molar refractivity (Wildman–Crippen MR) is 111 cm³/mol. The normalized spacial score (nSPS) is 12.1. The maximum absolute atomic E-state index is 10.3. The quantitative estimate of drug-likeness (QED) is 0.448. The number of fused-ring (bicyclic) bond motifs is 2. The molecule has 3 aromatic heterocycles. The minimum absolute atomic E-state index is 0.867. The second-order valence-corrected chi connectivity index (χ2v) is 7.66. The molecule has 5 rings (SSSR count). The highest BCUT2D eigenvalue weighted by atomic mass is 16.3. The van der Waals surface area contributed by atoms with Crippen molar-refractivity contribution >= 4 is 16.4 Å². The van der Waals surface area contributed by atoms with Crippen molar-refractivity contribution in [3.8, 4) is 22.4 Å². The number of benzene rings is 2. The highest BCUT2D eigenvalue weighted by Crippen LogP contribution is 2.28. The minimum Gasteiger partial charge on any atom is -0.471 e. The summed E-state index contributed by atoms with van der Waals surface area (Å²) in [7, 11) is 0. The summed E-state index contributed by atoms with van der Waals surface area (Å²) in [5.41, 5.74) is 5.04. The average Bonchev–Trinajstić information content (AvgIpc) is 3.32. The topological polar surface area (TPSA) is 50.7 Å². The molecule has 138 valence electrons.